The van der Waals surface area contributed by atoms with Crippen molar-refractivity contribution in [3.05, 3.63) is 35.9 Å². The SMILES string of the molecule is CC(C)(C)OC(=O)N1CCCC(N)CC1.CC(C)(C)OC(=O)N1CCCC(NCc2ccccc2)CC1. The van der Waals surface area contributed by atoms with Crippen LogP contribution in [0.1, 0.15) is 85.6 Å². The smallest absolute Gasteiger partial charge is 0.410 e. The Balaban J connectivity index is 0.000000281. The van der Waals surface area contributed by atoms with E-state index in [1.54, 1.807) is 4.90 Å². The van der Waals surface area contributed by atoms with E-state index in [0.29, 0.717) is 6.04 Å². The van der Waals surface area contributed by atoms with Gasteiger partial charge >= 0.3 is 12.2 Å². The topological polar surface area (TPSA) is 97.1 Å². The molecule has 2 heterocycles. The quantitative estimate of drug-likeness (QED) is 0.564. The average Bonchev–Trinajstić information content (AvgIpc) is 3.17. The van der Waals surface area contributed by atoms with E-state index >= 15 is 0 Å². The van der Waals surface area contributed by atoms with Gasteiger partial charge in [-0.05, 0) is 85.6 Å². The van der Waals surface area contributed by atoms with Gasteiger partial charge in [0.05, 0.1) is 0 Å². The summed E-state index contributed by atoms with van der Waals surface area (Å²) in [6, 6.07) is 11.1. The fraction of sp³-hybridized carbons (Fsp3) is 0.724. The molecule has 0 radical (unpaired) electrons. The predicted octanol–water partition coefficient (Wildman–Crippen LogP) is 5.30. The number of ether oxygens (including phenoxy) is 2. The first-order valence-electron chi connectivity index (χ1n) is 13.8. The molecule has 2 aliphatic heterocycles. The van der Waals surface area contributed by atoms with Gasteiger partial charge in [0.2, 0.25) is 0 Å². The van der Waals surface area contributed by atoms with Crippen LogP contribution >= 0.6 is 0 Å². The van der Waals surface area contributed by atoms with Crippen molar-refractivity contribution in [2.24, 2.45) is 5.73 Å². The van der Waals surface area contributed by atoms with Crippen LogP contribution in [-0.4, -0.2) is 71.5 Å². The Kier molecular flexibility index (Phi) is 12.2. The number of rotatable bonds is 3. The van der Waals surface area contributed by atoms with E-state index in [-0.39, 0.29) is 18.2 Å². The van der Waals surface area contributed by atoms with Gasteiger partial charge in [-0.25, -0.2) is 9.59 Å². The Bertz CT molecular complexity index is 819. The molecule has 2 amide bonds. The largest absolute Gasteiger partial charge is 0.444 e. The summed E-state index contributed by atoms with van der Waals surface area (Å²) in [6.07, 6.45) is 5.55. The maximum absolute atomic E-state index is 12.1. The molecule has 0 bridgehead atoms. The molecular weight excluding hydrogens is 468 g/mol. The molecule has 37 heavy (non-hydrogen) atoms. The van der Waals surface area contributed by atoms with E-state index in [1.165, 1.54) is 5.56 Å². The normalized spacial score (nSPS) is 21.2. The molecule has 0 spiro atoms. The monoisotopic (exact) mass is 518 g/mol. The van der Waals surface area contributed by atoms with E-state index in [0.717, 1.165) is 71.2 Å². The highest BCUT2D eigenvalue weighted by Crippen LogP contribution is 2.16. The van der Waals surface area contributed by atoms with Crippen LogP contribution in [0.4, 0.5) is 9.59 Å². The van der Waals surface area contributed by atoms with Crippen LogP contribution in [0.3, 0.4) is 0 Å². The van der Waals surface area contributed by atoms with Gasteiger partial charge in [0.25, 0.3) is 0 Å². The van der Waals surface area contributed by atoms with Gasteiger partial charge in [-0.15, -0.1) is 0 Å². The van der Waals surface area contributed by atoms with Crippen LogP contribution in [0.5, 0.6) is 0 Å². The molecule has 2 saturated heterocycles. The van der Waals surface area contributed by atoms with Crippen LogP contribution in [0, 0.1) is 0 Å². The lowest BCUT2D eigenvalue weighted by atomic mass is 10.1. The molecule has 0 aromatic heterocycles. The van der Waals surface area contributed by atoms with Crippen LogP contribution in [0.15, 0.2) is 30.3 Å². The van der Waals surface area contributed by atoms with E-state index in [2.05, 4.69) is 29.6 Å². The highest BCUT2D eigenvalue weighted by Gasteiger charge is 2.25. The van der Waals surface area contributed by atoms with Crippen molar-refractivity contribution >= 4 is 12.2 Å². The van der Waals surface area contributed by atoms with Gasteiger partial charge in [0, 0.05) is 44.8 Å². The molecule has 3 N–H and O–H groups in total. The Morgan fingerprint density at radius 1 is 0.811 bits per heavy atom. The van der Waals surface area contributed by atoms with Gasteiger partial charge in [0.1, 0.15) is 11.2 Å². The molecule has 8 nitrogen and oxygen atoms in total. The zero-order chi connectivity index (χ0) is 27.5. The Labute approximate surface area is 224 Å². The summed E-state index contributed by atoms with van der Waals surface area (Å²) in [5.41, 5.74) is 6.31. The first-order valence-corrected chi connectivity index (χ1v) is 13.8. The third-order valence-corrected chi connectivity index (χ3v) is 6.24. The van der Waals surface area contributed by atoms with Gasteiger partial charge in [-0.2, -0.15) is 0 Å². The highest BCUT2D eigenvalue weighted by atomic mass is 16.6. The van der Waals surface area contributed by atoms with Crippen molar-refractivity contribution in [3.63, 3.8) is 0 Å². The highest BCUT2D eigenvalue weighted by molar-refractivity contribution is 5.68. The molecule has 2 atom stereocenters. The lowest BCUT2D eigenvalue weighted by molar-refractivity contribution is 0.0245. The van der Waals surface area contributed by atoms with Crippen LogP contribution < -0.4 is 11.1 Å². The fourth-order valence-corrected chi connectivity index (χ4v) is 4.30. The number of hydrogen-bond donors (Lipinski definition) is 2. The van der Waals surface area contributed by atoms with Crippen molar-refractivity contribution in [2.75, 3.05) is 26.2 Å². The third-order valence-electron chi connectivity index (χ3n) is 6.24. The van der Waals surface area contributed by atoms with Crippen LogP contribution in [0.25, 0.3) is 0 Å². The van der Waals surface area contributed by atoms with Crippen molar-refractivity contribution in [3.8, 4) is 0 Å². The second kappa shape index (κ2) is 14.6. The number of likely N-dealkylation sites (tertiary alicyclic amines) is 2. The molecule has 3 rings (SSSR count). The first-order chi connectivity index (χ1) is 17.3. The summed E-state index contributed by atoms with van der Waals surface area (Å²) in [4.78, 5) is 27.5. The number of amides is 2. The Morgan fingerprint density at radius 3 is 1.86 bits per heavy atom. The van der Waals surface area contributed by atoms with Crippen molar-refractivity contribution in [1.29, 1.82) is 0 Å². The second-order valence-electron chi connectivity index (χ2n) is 12.1. The Morgan fingerprint density at radius 2 is 1.32 bits per heavy atom. The molecular formula is C29H50N4O4. The summed E-state index contributed by atoms with van der Waals surface area (Å²) in [7, 11) is 0. The number of hydrogen-bond acceptors (Lipinski definition) is 6. The maximum Gasteiger partial charge on any atom is 0.410 e. The molecule has 2 unspecified atom stereocenters. The number of nitrogens with one attached hydrogen (secondary N) is 1. The zero-order valence-corrected chi connectivity index (χ0v) is 23.9. The number of nitrogens with zero attached hydrogens (tertiary/aromatic N) is 2. The summed E-state index contributed by atoms with van der Waals surface area (Å²) in [5.74, 6) is 0. The summed E-state index contributed by atoms with van der Waals surface area (Å²) in [5, 5.41) is 3.61. The number of benzene rings is 1. The van der Waals surface area contributed by atoms with Crippen molar-refractivity contribution < 1.29 is 19.1 Å². The lowest BCUT2D eigenvalue weighted by Gasteiger charge is -2.26. The van der Waals surface area contributed by atoms with Gasteiger partial charge in [0.15, 0.2) is 0 Å². The Hall–Kier alpha value is -2.32. The van der Waals surface area contributed by atoms with E-state index in [1.807, 2.05) is 52.5 Å². The average molecular weight is 519 g/mol. The van der Waals surface area contributed by atoms with Crippen molar-refractivity contribution in [2.45, 2.75) is 110 Å². The predicted molar refractivity (Wildman–Crippen MR) is 148 cm³/mol. The molecule has 210 valence electrons. The molecule has 2 fully saturated rings. The standard InChI is InChI=1S/C18H28N2O2.C11H22N2O2/c1-18(2,3)22-17(21)20-12-7-10-16(11-13-20)19-14-15-8-5-4-6-9-15;1-11(2,3)15-10(14)13-7-4-5-9(12)6-8-13/h4-6,8-9,16,19H,7,10-14H2,1-3H3;9H,4-8,12H2,1-3H3. The summed E-state index contributed by atoms with van der Waals surface area (Å²) in [6.45, 7) is 15.3. The number of carbonyl (C=O) groups is 2. The molecule has 2 aliphatic rings. The number of carbonyl (C=O) groups excluding carboxylic acids is 2. The molecule has 8 heteroatoms. The zero-order valence-electron chi connectivity index (χ0n) is 23.9. The summed E-state index contributed by atoms with van der Waals surface area (Å²) >= 11 is 0. The second-order valence-corrected chi connectivity index (χ2v) is 12.1. The fourth-order valence-electron chi connectivity index (χ4n) is 4.30. The third kappa shape index (κ3) is 13.2. The van der Waals surface area contributed by atoms with Crippen molar-refractivity contribution in [1.82, 2.24) is 15.1 Å². The number of nitrogens with two attached hydrogens (primary N) is 1. The van der Waals surface area contributed by atoms with E-state index in [9.17, 15) is 9.59 Å². The van der Waals surface area contributed by atoms with E-state index in [4.69, 9.17) is 15.2 Å². The summed E-state index contributed by atoms with van der Waals surface area (Å²) < 4.78 is 10.8. The van der Waals surface area contributed by atoms with Gasteiger partial charge in [-0.1, -0.05) is 30.3 Å². The van der Waals surface area contributed by atoms with Gasteiger partial charge in [-0.3, -0.25) is 0 Å². The molecule has 1 aromatic rings. The first kappa shape index (κ1) is 30.9. The van der Waals surface area contributed by atoms with Gasteiger partial charge < -0.3 is 30.3 Å². The minimum atomic E-state index is -0.422. The minimum Gasteiger partial charge on any atom is -0.444 e. The molecule has 1 aromatic carbocycles. The minimum absolute atomic E-state index is 0.184. The van der Waals surface area contributed by atoms with Crippen LogP contribution in [0.2, 0.25) is 0 Å². The van der Waals surface area contributed by atoms with Crippen LogP contribution in [-0.2, 0) is 16.0 Å². The lowest BCUT2D eigenvalue weighted by Crippen LogP contribution is -2.38. The maximum atomic E-state index is 12.1. The molecule has 0 saturated carbocycles. The van der Waals surface area contributed by atoms with E-state index < -0.39 is 11.2 Å². The molecule has 0 aliphatic carbocycles.